The van der Waals surface area contributed by atoms with E-state index < -0.39 is 0 Å². The van der Waals surface area contributed by atoms with E-state index in [2.05, 4.69) is 5.43 Å². The molecule has 1 amide bonds. The van der Waals surface area contributed by atoms with Crippen LogP contribution in [0.4, 0.5) is 4.79 Å². The maximum atomic E-state index is 11.3. The number of hydroxylamine groups is 2. The summed E-state index contributed by atoms with van der Waals surface area (Å²) in [5, 5.41) is 3.27. The van der Waals surface area contributed by atoms with Gasteiger partial charge in [0.05, 0.1) is 20.3 Å². The molecule has 6 nitrogen and oxygen atoms in total. The van der Waals surface area contributed by atoms with Gasteiger partial charge in [-0.15, -0.1) is 12.4 Å². The molecule has 15 heavy (non-hydrogen) atoms. The molecule has 0 saturated carbocycles. The SMILES string of the molecule is CCOC(=O)N1CCN(OC)CCN1.Cl. The van der Waals surface area contributed by atoms with Crippen molar-refractivity contribution in [2.45, 2.75) is 6.92 Å². The summed E-state index contributed by atoms with van der Waals surface area (Å²) in [6.07, 6.45) is -0.328. The van der Waals surface area contributed by atoms with Gasteiger partial charge in [0.2, 0.25) is 0 Å². The molecular formula is C8H18ClN3O3. The van der Waals surface area contributed by atoms with Gasteiger partial charge in [0, 0.05) is 19.6 Å². The molecular weight excluding hydrogens is 222 g/mol. The predicted octanol–water partition coefficient (Wildman–Crippen LogP) is 0.248. The zero-order valence-corrected chi connectivity index (χ0v) is 9.88. The number of nitrogens with one attached hydrogen (secondary N) is 1. The number of halogens is 1. The van der Waals surface area contributed by atoms with Crippen molar-refractivity contribution in [3.05, 3.63) is 0 Å². The molecule has 1 N–H and O–H groups in total. The lowest BCUT2D eigenvalue weighted by atomic mass is 10.6. The van der Waals surface area contributed by atoms with Gasteiger partial charge < -0.3 is 9.57 Å². The van der Waals surface area contributed by atoms with Crippen LogP contribution in [0.5, 0.6) is 0 Å². The monoisotopic (exact) mass is 239 g/mol. The molecule has 0 spiro atoms. The summed E-state index contributed by atoms with van der Waals surface area (Å²) in [5.41, 5.74) is 2.97. The fraction of sp³-hybridized carbons (Fsp3) is 0.875. The number of carbonyl (C=O) groups excluding carboxylic acids is 1. The van der Waals surface area contributed by atoms with Crippen LogP contribution in [-0.2, 0) is 9.57 Å². The molecule has 7 heteroatoms. The summed E-state index contributed by atoms with van der Waals surface area (Å²) in [6, 6.07) is 0. The lowest BCUT2D eigenvalue weighted by Gasteiger charge is -2.19. The summed E-state index contributed by atoms with van der Waals surface area (Å²) in [7, 11) is 1.63. The summed E-state index contributed by atoms with van der Waals surface area (Å²) in [4.78, 5) is 16.4. The van der Waals surface area contributed by atoms with E-state index in [1.54, 1.807) is 19.1 Å². The van der Waals surface area contributed by atoms with Gasteiger partial charge in [-0.05, 0) is 6.92 Å². The molecule has 0 unspecified atom stereocenters. The van der Waals surface area contributed by atoms with Crippen LogP contribution in [0.15, 0.2) is 0 Å². The molecule has 0 aliphatic carbocycles. The van der Waals surface area contributed by atoms with Crippen molar-refractivity contribution in [2.24, 2.45) is 0 Å². The zero-order valence-electron chi connectivity index (χ0n) is 9.06. The average Bonchev–Trinajstić information content (AvgIpc) is 2.42. The minimum atomic E-state index is -0.328. The van der Waals surface area contributed by atoms with Crippen molar-refractivity contribution >= 4 is 18.5 Å². The van der Waals surface area contributed by atoms with Gasteiger partial charge in [-0.1, -0.05) is 0 Å². The molecule has 0 radical (unpaired) electrons. The fourth-order valence-corrected chi connectivity index (χ4v) is 1.25. The van der Waals surface area contributed by atoms with E-state index in [4.69, 9.17) is 9.57 Å². The van der Waals surface area contributed by atoms with E-state index in [0.29, 0.717) is 26.2 Å². The van der Waals surface area contributed by atoms with E-state index in [9.17, 15) is 4.79 Å². The summed E-state index contributed by atoms with van der Waals surface area (Å²) in [6.45, 7) is 4.86. The standard InChI is InChI=1S/C8H17N3O3.ClH/c1-3-14-8(12)11-7-6-10(13-2)5-4-9-11;/h9H,3-7H2,1-2H3;1H. The normalized spacial score (nSPS) is 17.9. The zero-order chi connectivity index (χ0) is 10.4. The van der Waals surface area contributed by atoms with Crippen LogP contribution in [0.2, 0.25) is 0 Å². The Balaban J connectivity index is 0.00000196. The largest absolute Gasteiger partial charge is 0.449 e. The molecule has 0 aromatic rings. The Hall–Kier alpha value is -0.560. The van der Waals surface area contributed by atoms with E-state index in [0.717, 1.165) is 6.54 Å². The smallest absolute Gasteiger partial charge is 0.424 e. The van der Waals surface area contributed by atoms with Crippen molar-refractivity contribution < 1.29 is 14.4 Å². The third-order valence-electron chi connectivity index (χ3n) is 1.98. The number of nitrogens with zero attached hydrogens (tertiary/aromatic N) is 2. The Labute approximate surface area is 95.8 Å². The highest BCUT2D eigenvalue weighted by molar-refractivity contribution is 5.85. The lowest BCUT2D eigenvalue weighted by Crippen LogP contribution is -2.43. The third-order valence-corrected chi connectivity index (χ3v) is 1.98. The Morgan fingerprint density at radius 1 is 1.40 bits per heavy atom. The maximum Gasteiger partial charge on any atom is 0.424 e. The minimum absolute atomic E-state index is 0. The van der Waals surface area contributed by atoms with Crippen molar-refractivity contribution in [1.82, 2.24) is 15.5 Å². The molecule has 1 rings (SSSR count). The van der Waals surface area contributed by atoms with Crippen LogP contribution in [0.1, 0.15) is 6.92 Å². The molecule has 1 heterocycles. The first-order chi connectivity index (χ1) is 6.77. The number of hydrogen-bond acceptors (Lipinski definition) is 5. The van der Waals surface area contributed by atoms with Gasteiger partial charge in [-0.25, -0.2) is 15.2 Å². The number of hydrogen-bond donors (Lipinski definition) is 1. The van der Waals surface area contributed by atoms with Gasteiger partial charge in [0.1, 0.15) is 0 Å². The number of amides is 1. The molecule has 1 saturated heterocycles. The van der Waals surface area contributed by atoms with Gasteiger partial charge in [-0.2, -0.15) is 5.06 Å². The maximum absolute atomic E-state index is 11.3. The second-order valence-corrected chi connectivity index (χ2v) is 2.87. The van der Waals surface area contributed by atoms with E-state index >= 15 is 0 Å². The summed E-state index contributed by atoms with van der Waals surface area (Å²) in [5.74, 6) is 0. The molecule has 0 aromatic carbocycles. The first kappa shape index (κ1) is 14.4. The second-order valence-electron chi connectivity index (χ2n) is 2.87. The van der Waals surface area contributed by atoms with Crippen LogP contribution < -0.4 is 5.43 Å². The van der Waals surface area contributed by atoms with Crippen molar-refractivity contribution in [1.29, 1.82) is 0 Å². The van der Waals surface area contributed by atoms with Crippen molar-refractivity contribution in [3.63, 3.8) is 0 Å². The Morgan fingerprint density at radius 2 is 2.13 bits per heavy atom. The summed E-state index contributed by atoms with van der Waals surface area (Å²) >= 11 is 0. The number of rotatable bonds is 2. The lowest BCUT2D eigenvalue weighted by molar-refractivity contribution is -0.125. The van der Waals surface area contributed by atoms with Crippen LogP contribution in [0.3, 0.4) is 0 Å². The Kier molecular flexibility index (Phi) is 7.41. The van der Waals surface area contributed by atoms with Crippen molar-refractivity contribution in [2.75, 3.05) is 39.9 Å². The van der Waals surface area contributed by atoms with Gasteiger partial charge in [0.25, 0.3) is 0 Å². The number of ether oxygens (including phenoxy) is 1. The molecule has 1 aliphatic rings. The molecule has 1 aliphatic heterocycles. The highest BCUT2D eigenvalue weighted by Gasteiger charge is 2.19. The third kappa shape index (κ3) is 4.65. The second kappa shape index (κ2) is 7.70. The molecule has 0 bridgehead atoms. The predicted molar refractivity (Wildman–Crippen MR) is 57.6 cm³/mol. The highest BCUT2D eigenvalue weighted by Crippen LogP contribution is 1.97. The van der Waals surface area contributed by atoms with Crippen LogP contribution >= 0.6 is 12.4 Å². The van der Waals surface area contributed by atoms with Gasteiger partial charge in [0.15, 0.2) is 0 Å². The first-order valence-electron chi connectivity index (χ1n) is 4.74. The molecule has 90 valence electrons. The van der Waals surface area contributed by atoms with E-state index in [-0.39, 0.29) is 18.5 Å². The summed E-state index contributed by atoms with van der Waals surface area (Å²) < 4.78 is 4.87. The molecule has 0 atom stereocenters. The number of carbonyl (C=O) groups is 1. The molecule has 1 fully saturated rings. The topological polar surface area (TPSA) is 54.0 Å². The average molecular weight is 240 g/mol. The quantitative estimate of drug-likeness (QED) is 0.749. The van der Waals surface area contributed by atoms with Crippen molar-refractivity contribution in [3.8, 4) is 0 Å². The van der Waals surface area contributed by atoms with Gasteiger partial charge in [-0.3, -0.25) is 0 Å². The van der Waals surface area contributed by atoms with Crippen LogP contribution in [0.25, 0.3) is 0 Å². The highest BCUT2D eigenvalue weighted by atomic mass is 35.5. The van der Waals surface area contributed by atoms with Gasteiger partial charge >= 0.3 is 6.09 Å². The molecule has 0 aromatic heterocycles. The Morgan fingerprint density at radius 3 is 2.73 bits per heavy atom. The Bertz CT molecular complexity index is 194. The van der Waals surface area contributed by atoms with E-state index in [1.165, 1.54) is 5.01 Å². The van der Waals surface area contributed by atoms with Crippen LogP contribution in [-0.4, -0.2) is 56.1 Å². The number of hydrazine groups is 1. The van der Waals surface area contributed by atoms with E-state index in [1.807, 2.05) is 0 Å². The first-order valence-corrected chi connectivity index (χ1v) is 4.74. The fourth-order valence-electron chi connectivity index (χ4n) is 1.25. The van der Waals surface area contributed by atoms with Crippen LogP contribution in [0, 0.1) is 0 Å². The minimum Gasteiger partial charge on any atom is -0.449 e.